The number of halogens is 1. The van der Waals surface area contributed by atoms with Crippen LogP contribution in [-0.4, -0.2) is 109 Å². The molecule has 1 aromatic carbocycles. The maximum Gasteiger partial charge on any atom is 0.397 e. The summed E-state index contributed by atoms with van der Waals surface area (Å²) < 4.78 is 7.37. The quantitative estimate of drug-likeness (QED) is 0.650. The number of guanidine groups is 1. The fraction of sp³-hybridized carbons (Fsp3) is 0.500. The van der Waals surface area contributed by atoms with E-state index in [-0.39, 0.29) is 11.9 Å². The number of imide groups is 1. The summed E-state index contributed by atoms with van der Waals surface area (Å²) in [5.74, 6) is 1.01. The van der Waals surface area contributed by atoms with Gasteiger partial charge in [0, 0.05) is 38.2 Å². The molecule has 0 N–H and O–H groups in total. The molecule has 9 nitrogen and oxygen atoms in total. The second-order valence-corrected chi connectivity index (χ2v) is 8.22. The zero-order valence-electron chi connectivity index (χ0n) is 16.8. The Balaban J connectivity index is 1.38. The molecule has 0 aliphatic carbocycles. The number of amides is 3. The summed E-state index contributed by atoms with van der Waals surface area (Å²) in [7, 11) is 1.69. The lowest BCUT2D eigenvalue weighted by atomic mass is 10.1. The van der Waals surface area contributed by atoms with Gasteiger partial charge in [0.25, 0.3) is 5.91 Å². The Hall–Kier alpha value is -2.49. The average Bonchev–Trinajstić information content (AvgIpc) is 3.33. The van der Waals surface area contributed by atoms with Crippen LogP contribution in [0, 0.1) is 0 Å². The fourth-order valence-electron chi connectivity index (χ4n) is 4.40. The third kappa shape index (κ3) is 3.17. The van der Waals surface area contributed by atoms with Crippen LogP contribution in [0.15, 0.2) is 29.3 Å². The largest absolute Gasteiger partial charge is 0.397 e. The molecular formula is C20H24ClN6O3+. The molecule has 4 aliphatic heterocycles. The van der Waals surface area contributed by atoms with E-state index in [1.54, 1.807) is 7.05 Å². The van der Waals surface area contributed by atoms with Gasteiger partial charge in [-0.3, -0.25) is 19.5 Å². The predicted octanol–water partition coefficient (Wildman–Crippen LogP) is 0.535. The molecule has 3 amide bonds. The van der Waals surface area contributed by atoms with Crippen LogP contribution in [0.2, 0.25) is 5.02 Å². The lowest BCUT2D eigenvalue weighted by Crippen LogP contribution is -2.63. The molecule has 4 aliphatic rings. The molecule has 1 atom stereocenters. The van der Waals surface area contributed by atoms with Gasteiger partial charge >= 0.3 is 12.0 Å². The third-order valence-corrected chi connectivity index (χ3v) is 6.33. The van der Waals surface area contributed by atoms with Gasteiger partial charge < -0.3 is 4.74 Å². The lowest BCUT2D eigenvalue weighted by Gasteiger charge is -2.35. The number of carbonyl (C=O) groups excluding carboxylic acids is 2. The summed E-state index contributed by atoms with van der Waals surface area (Å²) in [4.78, 5) is 38.1. The summed E-state index contributed by atoms with van der Waals surface area (Å²) in [6.45, 7) is 5.44. The Morgan fingerprint density at radius 2 is 1.87 bits per heavy atom. The molecule has 5 rings (SSSR count). The molecule has 158 valence electrons. The number of fused-ring (bicyclic) bond motifs is 2. The SMILES string of the molecule is CN1C(=O)N(CCN2CCOCC2)C(=O)C2C1=NC1=[N+]2CCN1c1ccc(Cl)cc1. The number of carbonyl (C=O) groups is 2. The molecule has 0 bridgehead atoms. The number of likely N-dealkylation sites (N-methyl/N-ethyl adjacent to an activating group) is 1. The van der Waals surface area contributed by atoms with Crippen molar-refractivity contribution in [2.75, 3.05) is 64.4 Å². The van der Waals surface area contributed by atoms with Gasteiger partial charge in [0.2, 0.25) is 11.9 Å². The highest BCUT2D eigenvalue weighted by Gasteiger charge is 2.55. The number of hydrogen-bond donors (Lipinski definition) is 0. The van der Waals surface area contributed by atoms with Crippen LogP contribution < -0.4 is 4.90 Å². The van der Waals surface area contributed by atoms with Gasteiger partial charge in [-0.05, 0) is 24.3 Å². The monoisotopic (exact) mass is 431 g/mol. The Morgan fingerprint density at radius 1 is 1.13 bits per heavy atom. The second kappa shape index (κ2) is 7.64. The number of ether oxygens (including phenoxy) is 1. The van der Waals surface area contributed by atoms with Crippen LogP contribution >= 0.6 is 11.6 Å². The Labute approximate surface area is 179 Å². The minimum atomic E-state index is -0.551. The first-order valence-corrected chi connectivity index (χ1v) is 10.6. The molecule has 4 heterocycles. The van der Waals surface area contributed by atoms with E-state index in [2.05, 4.69) is 9.80 Å². The van der Waals surface area contributed by atoms with Crippen LogP contribution in [-0.2, 0) is 9.53 Å². The average molecular weight is 432 g/mol. The van der Waals surface area contributed by atoms with Crippen molar-refractivity contribution in [3.8, 4) is 0 Å². The van der Waals surface area contributed by atoms with Gasteiger partial charge in [-0.15, -0.1) is 0 Å². The maximum absolute atomic E-state index is 13.3. The van der Waals surface area contributed by atoms with E-state index in [1.807, 2.05) is 28.8 Å². The van der Waals surface area contributed by atoms with Crippen molar-refractivity contribution in [3.05, 3.63) is 29.3 Å². The Kier molecular flexibility index (Phi) is 4.96. The number of nitrogens with zero attached hydrogens (tertiary/aromatic N) is 6. The predicted molar refractivity (Wildman–Crippen MR) is 112 cm³/mol. The van der Waals surface area contributed by atoms with Gasteiger partial charge in [-0.2, -0.15) is 0 Å². The molecule has 0 radical (unpaired) electrons. The smallest absolute Gasteiger partial charge is 0.379 e. The lowest BCUT2D eigenvalue weighted by molar-refractivity contribution is -0.525. The highest BCUT2D eigenvalue weighted by molar-refractivity contribution is 6.30. The van der Waals surface area contributed by atoms with Gasteiger partial charge in [0.05, 0.1) is 19.8 Å². The Bertz CT molecular complexity index is 940. The van der Waals surface area contributed by atoms with Crippen molar-refractivity contribution < 1.29 is 18.9 Å². The van der Waals surface area contributed by atoms with E-state index >= 15 is 0 Å². The van der Waals surface area contributed by atoms with Crippen molar-refractivity contribution in [1.82, 2.24) is 14.7 Å². The van der Waals surface area contributed by atoms with Crippen LogP contribution in [0.25, 0.3) is 0 Å². The molecule has 0 spiro atoms. The Morgan fingerprint density at radius 3 is 2.60 bits per heavy atom. The number of aliphatic imine (C=N–C) groups is 1. The van der Waals surface area contributed by atoms with E-state index in [4.69, 9.17) is 21.3 Å². The second-order valence-electron chi connectivity index (χ2n) is 7.78. The van der Waals surface area contributed by atoms with Crippen molar-refractivity contribution in [2.45, 2.75) is 6.04 Å². The van der Waals surface area contributed by atoms with Gasteiger partial charge in [0.15, 0.2) is 0 Å². The first-order valence-electron chi connectivity index (χ1n) is 10.2. The van der Waals surface area contributed by atoms with Crippen LogP contribution in [0.4, 0.5) is 10.5 Å². The van der Waals surface area contributed by atoms with Crippen LogP contribution in [0.3, 0.4) is 0 Å². The van der Waals surface area contributed by atoms with E-state index < -0.39 is 6.04 Å². The van der Waals surface area contributed by atoms with Gasteiger partial charge in [-0.1, -0.05) is 16.6 Å². The summed E-state index contributed by atoms with van der Waals surface area (Å²) in [6, 6.07) is 6.68. The molecule has 1 unspecified atom stereocenters. The normalized spacial score (nSPS) is 24.5. The minimum absolute atomic E-state index is 0.196. The molecular weight excluding hydrogens is 408 g/mol. The zero-order chi connectivity index (χ0) is 20.8. The van der Waals surface area contributed by atoms with Crippen molar-refractivity contribution in [1.29, 1.82) is 0 Å². The molecule has 2 fully saturated rings. The van der Waals surface area contributed by atoms with E-state index in [1.165, 1.54) is 9.80 Å². The van der Waals surface area contributed by atoms with E-state index in [9.17, 15) is 9.59 Å². The zero-order valence-corrected chi connectivity index (χ0v) is 17.6. The molecule has 1 aromatic rings. The van der Waals surface area contributed by atoms with Crippen molar-refractivity contribution in [3.63, 3.8) is 0 Å². The molecule has 30 heavy (non-hydrogen) atoms. The number of anilines is 1. The number of amidine groups is 1. The van der Waals surface area contributed by atoms with Crippen molar-refractivity contribution in [2.24, 2.45) is 4.99 Å². The number of urea groups is 1. The number of morpholine rings is 1. The standard InChI is InChI=1S/C20H24ClN6O3/c1-23-17-16(18(28)27(20(23)29)7-6-24-10-12-30-13-11-24)26-9-8-25(19(26)22-17)15-4-2-14(21)3-5-15/h2-5,16H,6-13H2,1H3/q+1. The molecule has 2 saturated heterocycles. The highest BCUT2D eigenvalue weighted by Crippen LogP contribution is 2.27. The fourth-order valence-corrected chi connectivity index (χ4v) is 4.52. The minimum Gasteiger partial charge on any atom is -0.379 e. The van der Waals surface area contributed by atoms with E-state index in [0.29, 0.717) is 49.7 Å². The highest BCUT2D eigenvalue weighted by atomic mass is 35.5. The molecule has 10 heteroatoms. The van der Waals surface area contributed by atoms with E-state index in [0.717, 1.165) is 25.3 Å². The number of hydrogen-bond acceptors (Lipinski definition) is 6. The first kappa shape index (κ1) is 19.5. The summed E-state index contributed by atoms with van der Waals surface area (Å²) in [5, 5.41) is 0.669. The van der Waals surface area contributed by atoms with Crippen LogP contribution in [0.1, 0.15) is 0 Å². The van der Waals surface area contributed by atoms with Crippen molar-refractivity contribution >= 4 is 41.0 Å². The maximum atomic E-state index is 13.3. The summed E-state index contributed by atoms with van der Waals surface area (Å²) in [6.07, 6.45) is 0. The summed E-state index contributed by atoms with van der Waals surface area (Å²) >= 11 is 6.02. The van der Waals surface area contributed by atoms with Gasteiger partial charge in [0.1, 0.15) is 12.2 Å². The van der Waals surface area contributed by atoms with Crippen LogP contribution in [0.5, 0.6) is 0 Å². The number of rotatable bonds is 4. The summed E-state index contributed by atoms with van der Waals surface area (Å²) in [5.41, 5.74) is 0.963. The number of benzene rings is 1. The molecule has 0 aromatic heterocycles. The molecule has 0 saturated carbocycles. The third-order valence-electron chi connectivity index (χ3n) is 6.08. The topological polar surface area (TPSA) is 71.7 Å². The first-order chi connectivity index (χ1) is 14.5. The van der Waals surface area contributed by atoms with Gasteiger partial charge in [-0.25, -0.2) is 14.3 Å².